The Hall–Kier alpha value is -3.32. The van der Waals surface area contributed by atoms with Gasteiger partial charge in [0, 0.05) is 48.1 Å². The predicted molar refractivity (Wildman–Crippen MR) is 126 cm³/mol. The van der Waals surface area contributed by atoms with Crippen molar-refractivity contribution in [3.05, 3.63) is 59.9 Å². The molecule has 1 fully saturated rings. The molecule has 32 heavy (non-hydrogen) atoms. The minimum atomic E-state index is -0.0455. The maximum absolute atomic E-state index is 11.8. The number of hydrogen-bond donors (Lipinski definition) is 1. The van der Waals surface area contributed by atoms with Gasteiger partial charge in [0.1, 0.15) is 18.2 Å². The lowest BCUT2D eigenvalue weighted by atomic mass is 10.1. The number of ether oxygens (including phenoxy) is 2. The summed E-state index contributed by atoms with van der Waals surface area (Å²) in [5.74, 6) is 1.83. The molecule has 0 unspecified atom stereocenters. The van der Waals surface area contributed by atoms with E-state index in [0.29, 0.717) is 35.4 Å². The second-order valence-corrected chi connectivity index (χ2v) is 8.03. The smallest absolute Gasteiger partial charge is 0.245 e. The Kier molecular flexibility index (Phi) is 6.46. The molecule has 1 aliphatic heterocycles. The molecule has 1 aromatic heterocycles. The van der Waals surface area contributed by atoms with Gasteiger partial charge in [0.05, 0.1) is 12.6 Å². The number of piperidine rings is 1. The fourth-order valence-electron chi connectivity index (χ4n) is 3.79. The highest BCUT2D eigenvalue weighted by molar-refractivity contribution is 6.31. The lowest BCUT2D eigenvalue weighted by Crippen LogP contribution is -2.41. The Labute approximate surface area is 192 Å². The number of nitrogens with zero attached hydrogens (tertiary/aromatic N) is 3. The quantitative estimate of drug-likeness (QED) is 0.536. The average molecular weight is 453 g/mol. The lowest BCUT2D eigenvalue weighted by Gasteiger charge is -2.31. The van der Waals surface area contributed by atoms with E-state index in [9.17, 15) is 4.79 Å². The molecule has 0 atom stereocenters. The third-order valence-electron chi connectivity index (χ3n) is 5.66. The van der Waals surface area contributed by atoms with Crippen LogP contribution in [0.4, 0.5) is 11.5 Å². The van der Waals surface area contributed by atoms with Crippen LogP contribution in [-0.4, -0.2) is 47.1 Å². The summed E-state index contributed by atoms with van der Waals surface area (Å²) in [6, 6.07) is 9.44. The normalized spacial score (nSPS) is 14.3. The fourth-order valence-corrected chi connectivity index (χ4v) is 3.96. The van der Waals surface area contributed by atoms with Gasteiger partial charge < -0.3 is 19.7 Å². The molecule has 1 aliphatic rings. The third-order valence-corrected chi connectivity index (χ3v) is 6.07. The van der Waals surface area contributed by atoms with E-state index in [1.54, 1.807) is 12.0 Å². The zero-order chi connectivity index (χ0) is 22.7. The van der Waals surface area contributed by atoms with Gasteiger partial charge in [-0.1, -0.05) is 24.2 Å². The third kappa shape index (κ3) is 4.48. The van der Waals surface area contributed by atoms with Gasteiger partial charge in [0.2, 0.25) is 5.91 Å². The Morgan fingerprint density at radius 2 is 2.03 bits per heavy atom. The fraction of sp³-hybridized carbons (Fsp3) is 0.292. The van der Waals surface area contributed by atoms with Crippen LogP contribution < -0.4 is 14.8 Å². The average Bonchev–Trinajstić information content (AvgIpc) is 2.82. The van der Waals surface area contributed by atoms with E-state index in [-0.39, 0.29) is 12.0 Å². The first kappa shape index (κ1) is 21.9. The molecule has 0 bridgehead atoms. The summed E-state index contributed by atoms with van der Waals surface area (Å²) in [6.45, 7) is 6.78. The summed E-state index contributed by atoms with van der Waals surface area (Å²) in [6.07, 6.45) is 4.31. The largest absolute Gasteiger partial charge is 0.493 e. The Balaban J connectivity index is 1.62. The van der Waals surface area contributed by atoms with Crippen LogP contribution in [0.25, 0.3) is 10.9 Å². The molecule has 0 saturated carbocycles. The Bertz CT molecular complexity index is 1160. The number of methoxy groups -OCH3 is 1. The van der Waals surface area contributed by atoms with E-state index in [4.69, 9.17) is 21.1 Å². The van der Waals surface area contributed by atoms with Gasteiger partial charge in [-0.3, -0.25) is 4.79 Å². The van der Waals surface area contributed by atoms with Crippen molar-refractivity contribution in [3.8, 4) is 11.5 Å². The van der Waals surface area contributed by atoms with Gasteiger partial charge in [0.15, 0.2) is 11.5 Å². The highest BCUT2D eigenvalue weighted by Crippen LogP contribution is 2.37. The zero-order valence-electron chi connectivity index (χ0n) is 18.1. The second kappa shape index (κ2) is 9.44. The summed E-state index contributed by atoms with van der Waals surface area (Å²) >= 11 is 6.27. The van der Waals surface area contributed by atoms with Crippen LogP contribution in [0.3, 0.4) is 0 Å². The standard InChI is InChI=1S/C24H25ClN4O3/c1-4-23(30)29-10-8-16(9-11-29)32-22-12-17-20(13-21(22)31-3)26-14-27-24(17)28-19-7-5-6-18(25)15(19)2/h4-7,12-14,16H,1,8-11H2,2-3H3,(H,26,27,28). The molecule has 0 aliphatic carbocycles. The van der Waals surface area contributed by atoms with E-state index in [0.717, 1.165) is 35.0 Å². The number of aromatic nitrogens is 2. The number of hydrogen-bond acceptors (Lipinski definition) is 6. The Morgan fingerprint density at radius 1 is 1.25 bits per heavy atom. The van der Waals surface area contributed by atoms with Crippen LogP contribution in [-0.2, 0) is 4.79 Å². The molecule has 7 nitrogen and oxygen atoms in total. The molecule has 0 radical (unpaired) electrons. The lowest BCUT2D eigenvalue weighted by molar-refractivity contribution is -0.127. The molecule has 8 heteroatoms. The number of carbonyl (C=O) groups is 1. The van der Waals surface area contributed by atoms with Crippen molar-refractivity contribution < 1.29 is 14.3 Å². The van der Waals surface area contributed by atoms with Gasteiger partial charge in [-0.05, 0) is 36.8 Å². The summed E-state index contributed by atoms with van der Waals surface area (Å²) < 4.78 is 11.9. The number of anilines is 2. The summed E-state index contributed by atoms with van der Waals surface area (Å²) in [4.78, 5) is 22.4. The SMILES string of the molecule is C=CC(=O)N1CCC(Oc2cc3c(Nc4cccc(Cl)c4C)ncnc3cc2OC)CC1. The predicted octanol–water partition coefficient (Wildman–Crippen LogP) is 4.90. The number of nitrogens with one attached hydrogen (secondary N) is 1. The van der Waals surface area contributed by atoms with Crippen molar-refractivity contribution in [1.82, 2.24) is 14.9 Å². The molecule has 1 N–H and O–H groups in total. The van der Waals surface area contributed by atoms with E-state index in [2.05, 4.69) is 21.9 Å². The molecular formula is C24H25ClN4O3. The zero-order valence-corrected chi connectivity index (χ0v) is 18.9. The second-order valence-electron chi connectivity index (χ2n) is 7.63. The number of halogens is 1. The van der Waals surface area contributed by atoms with Crippen LogP contribution in [0, 0.1) is 6.92 Å². The maximum atomic E-state index is 11.8. The highest BCUT2D eigenvalue weighted by atomic mass is 35.5. The van der Waals surface area contributed by atoms with Crippen molar-refractivity contribution in [2.75, 3.05) is 25.5 Å². The topological polar surface area (TPSA) is 76.6 Å². The molecule has 4 rings (SSSR count). The van der Waals surface area contributed by atoms with Gasteiger partial charge in [-0.2, -0.15) is 0 Å². The summed E-state index contributed by atoms with van der Waals surface area (Å²) in [7, 11) is 1.61. The molecule has 1 amide bonds. The van der Waals surface area contributed by atoms with Crippen LogP contribution in [0.2, 0.25) is 5.02 Å². The number of fused-ring (bicyclic) bond motifs is 1. The monoisotopic (exact) mass is 452 g/mol. The van der Waals surface area contributed by atoms with Gasteiger partial charge in [-0.25, -0.2) is 9.97 Å². The minimum Gasteiger partial charge on any atom is -0.493 e. The summed E-state index contributed by atoms with van der Waals surface area (Å²) in [5.41, 5.74) is 2.54. The van der Waals surface area contributed by atoms with Gasteiger partial charge in [0.25, 0.3) is 0 Å². The van der Waals surface area contributed by atoms with Gasteiger partial charge in [-0.15, -0.1) is 0 Å². The van der Waals surface area contributed by atoms with Crippen molar-refractivity contribution in [2.45, 2.75) is 25.9 Å². The number of likely N-dealkylation sites (tertiary alicyclic amines) is 1. The van der Waals surface area contributed by atoms with Crippen molar-refractivity contribution >= 4 is 39.9 Å². The van der Waals surface area contributed by atoms with Crippen molar-refractivity contribution in [2.24, 2.45) is 0 Å². The van der Waals surface area contributed by atoms with Crippen LogP contribution in [0.5, 0.6) is 11.5 Å². The van der Waals surface area contributed by atoms with Gasteiger partial charge >= 0.3 is 0 Å². The molecular weight excluding hydrogens is 428 g/mol. The van der Waals surface area contributed by atoms with Crippen molar-refractivity contribution in [1.29, 1.82) is 0 Å². The molecule has 3 aromatic rings. The molecule has 0 spiro atoms. The summed E-state index contributed by atoms with van der Waals surface area (Å²) in [5, 5.41) is 4.85. The number of benzene rings is 2. The number of carbonyl (C=O) groups excluding carboxylic acids is 1. The minimum absolute atomic E-state index is 0.0218. The number of rotatable bonds is 6. The van der Waals surface area contributed by atoms with E-state index < -0.39 is 0 Å². The Morgan fingerprint density at radius 3 is 2.75 bits per heavy atom. The van der Waals surface area contributed by atoms with Crippen LogP contribution in [0.15, 0.2) is 49.3 Å². The maximum Gasteiger partial charge on any atom is 0.245 e. The van der Waals surface area contributed by atoms with Crippen LogP contribution in [0.1, 0.15) is 18.4 Å². The molecule has 2 heterocycles. The molecule has 2 aromatic carbocycles. The first-order valence-electron chi connectivity index (χ1n) is 10.4. The van der Waals surface area contributed by atoms with E-state index in [1.807, 2.05) is 37.3 Å². The number of amides is 1. The van der Waals surface area contributed by atoms with Crippen molar-refractivity contribution in [3.63, 3.8) is 0 Å². The highest BCUT2D eigenvalue weighted by Gasteiger charge is 2.24. The van der Waals surface area contributed by atoms with E-state index in [1.165, 1.54) is 12.4 Å². The first-order chi connectivity index (χ1) is 15.5. The molecule has 166 valence electrons. The van der Waals surface area contributed by atoms with E-state index >= 15 is 0 Å². The van der Waals surface area contributed by atoms with Crippen LogP contribution >= 0.6 is 11.6 Å². The first-order valence-corrected chi connectivity index (χ1v) is 10.8. The molecule has 1 saturated heterocycles.